The average molecular weight is 242 g/mol. The zero-order valence-corrected chi connectivity index (χ0v) is 9.10. The first-order valence-electron chi connectivity index (χ1n) is 4.51. The maximum atomic E-state index is 11.2. The van der Waals surface area contributed by atoms with Crippen molar-refractivity contribution in [3.63, 3.8) is 0 Å². The number of nitrogens with zero attached hydrogens (tertiary/aromatic N) is 4. The first-order valence-corrected chi connectivity index (χ1v) is 4.89. The van der Waals surface area contributed by atoms with Gasteiger partial charge in [0, 0.05) is 12.4 Å². The fourth-order valence-corrected chi connectivity index (χ4v) is 1.33. The number of hydrogen-bond donors (Lipinski definition) is 1. The van der Waals surface area contributed by atoms with Crippen LogP contribution in [0.4, 0.5) is 10.7 Å². The Balaban J connectivity index is 2.32. The van der Waals surface area contributed by atoms with Gasteiger partial charge in [-0.1, -0.05) is 11.6 Å². The number of amides is 1. The number of hydrogen-bond acceptors (Lipinski definition) is 5. The van der Waals surface area contributed by atoms with E-state index in [0.29, 0.717) is 5.65 Å². The second-order valence-corrected chi connectivity index (χ2v) is 3.14. The smallest absolute Gasteiger partial charge is 0.414 e. The molecule has 2 heterocycles. The molecule has 0 aliphatic carbocycles. The normalized spacial score (nSPS) is 10.4. The van der Waals surface area contributed by atoms with Crippen molar-refractivity contribution in [3.8, 4) is 0 Å². The van der Waals surface area contributed by atoms with Crippen molar-refractivity contribution in [2.45, 2.75) is 6.92 Å². The van der Waals surface area contributed by atoms with Gasteiger partial charge in [-0.05, 0) is 6.92 Å². The lowest BCUT2D eigenvalue weighted by Gasteiger charge is -2.02. The number of anilines is 1. The predicted octanol–water partition coefficient (Wildman–Crippen LogP) is 1.35. The van der Waals surface area contributed by atoms with Crippen molar-refractivity contribution in [2.75, 3.05) is 11.9 Å². The van der Waals surface area contributed by atoms with Crippen molar-refractivity contribution < 1.29 is 9.53 Å². The van der Waals surface area contributed by atoms with Crippen molar-refractivity contribution in [1.82, 2.24) is 19.6 Å². The lowest BCUT2D eigenvalue weighted by atomic mass is 10.7. The van der Waals surface area contributed by atoms with Crippen LogP contribution in [0.25, 0.3) is 5.65 Å². The van der Waals surface area contributed by atoms with Gasteiger partial charge in [0.15, 0.2) is 10.8 Å². The summed E-state index contributed by atoms with van der Waals surface area (Å²) in [6.07, 6.45) is 2.47. The number of ether oxygens (including phenoxy) is 1. The Morgan fingerprint density at radius 1 is 1.62 bits per heavy atom. The Labute approximate surface area is 95.4 Å². The molecule has 84 valence electrons. The summed E-state index contributed by atoms with van der Waals surface area (Å²) in [5.74, 6) is 0.234. The maximum absolute atomic E-state index is 11.2. The number of aromatic nitrogens is 4. The lowest BCUT2D eigenvalue weighted by Crippen LogP contribution is -2.15. The van der Waals surface area contributed by atoms with Crippen molar-refractivity contribution in [1.29, 1.82) is 0 Å². The van der Waals surface area contributed by atoms with Gasteiger partial charge < -0.3 is 4.74 Å². The van der Waals surface area contributed by atoms with Gasteiger partial charge in [-0.3, -0.25) is 9.72 Å². The van der Waals surface area contributed by atoms with E-state index >= 15 is 0 Å². The number of rotatable bonds is 2. The summed E-state index contributed by atoms with van der Waals surface area (Å²) in [5.41, 5.74) is 0.371. The summed E-state index contributed by atoms with van der Waals surface area (Å²) in [5, 5.41) is 10.2. The van der Waals surface area contributed by atoms with Crippen LogP contribution in [0.1, 0.15) is 6.92 Å². The number of halogens is 1. The monoisotopic (exact) mass is 241 g/mol. The highest BCUT2D eigenvalue weighted by atomic mass is 35.5. The van der Waals surface area contributed by atoms with Gasteiger partial charge in [0.1, 0.15) is 0 Å². The van der Waals surface area contributed by atoms with E-state index in [4.69, 9.17) is 16.3 Å². The molecule has 0 saturated carbocycles. The number of fused-ring (bicyclic) bond motifs is 1. The molecule has 0 fully saturated rings. The molecule has 16 heavy (non-hydrogen) atoms. The highest BCUT2D eigenvalue weighted by Crippen LogP contribution is 2.14. The van der Waals surface area contributed by atoms with E-state index in [2.05, 4.69) is 20.5 Å². The molecule has 2 rings (SSSR count). The molecule has 8 heteroatoms. The third kappa shape index (κ3) is 1.89. The fraction of sp³-hybridized carbons (Fsp3) is 0.250. The van der Waals surface area contributed by atoms with Crippen LogP contribution in [-0.4, -0.2) is 32.3 Å². The molecule has 0 saturated heterocycles. The molecular formula is C8H8ClN5O2. The first kappa shape index (κ1) is 10.6. The van der Waals surface area contributed by atoms with Crippen LogP contribution in [0, 0.1) is 0 Å². The zero-order chi connectivity index (χ0) is 11.5. The Kier molecular flexibility index (Phi) is 2.86. The van der Waals surface area contributed by atoms with E-state index in [1.54, 1.807) is 13.1 Å². The molecule has 2 aromatic rings. The molecule has 7 nitrogen and oxygen atoms in total. The van der Waals surface area contributed by atoms with Gasteiger partial charge in [0.2, 0.25) is 5.95 Å². The van der Waals surface area contributed by atoms with E-state index in [-0.39, 0.29) is 17.7 Å². The summed E-state index contributed by atoms with van der Waals surface area (Å²) in [6.45, 7) is 1.99. The van der Waals surface area contributed by atoms with Crippen LogP contribution in [0.5, 0.6) is 0 Å². The number of carbonyl (C=O) groups is 1. The van der Waals surface area contributed by atoms with Crippen LogP contribution in [-0.2, 0) is 4.74 Å². The minimum atomic E-state index is -0.593. The second-order valence-electron chi connectivity index (χ2n) is 2.78. The molecular weight excluding hydrogens is 234 g/mol. The Morgan fingerprint density at radius 2 is 2.44 bits per heavy atom. The summed E-state index contributed by atoms with van der Waals surface area (Å²) in [7, 11) is 0. The summed E-state index contributed by atoms with van der Waals surface area (Å²) in [4.78, 5) is 15.0. The highest BCUT2D eigenvalue weighted by Gasteiger charge is 2.11. The molecule has 0 radical (unpaired) electrons. The van der Waals surface area contributed by atoms with Crippen molar-refractivity contribution in [2.24, 2.45) is 0 Å². The molecule has 0 atom stereocenters. The first-order chi connectivity index (χ1) is 7.72. The quantitative estimate of drug-likeness (QED) is 0.858. The van der Waals surface area contributed by atoms with Gasteiger partial charge in [-0.15, -0.1) is 10.2 Å². The minimum absolute atomic E-state index is 0.215. The van der Waals surface area contributed by atoms with Gasteiger partial charge in [-0.25, -0.2) is 9.78 Å². The van der Waals surface area contributed by atoms with Crippen molar-refractivity contribution in [3.05, 3.63) is 17.5 Å². The van der Waals surface area contributed by atoms with Gasteiger partial charge in [0.25, 0.3) is 0 Å². The Bertz CT molecular complexity index is 526. The van der Waals surface area contributed by atoms with E-state index in [1.807, 2.05) is 0 Å². The van der Waals surface area contributed by atoms with Crippen LogP contribution in [0.15, 0.2) is 12.4 Å². The molecule has 0 bridgehead atoms. The maximum Gasteiger partial charge on any atom is 0.414 e. The van der Waals surface area contributed by atoms with E-state index in [0.717, 1.165) is 0 Å². The minimum Gasteiger partial charge on any atom is -0.450 e. The van der Waals surface area contributed by atoms with Crippen LogP contribution in [0.3, 0.4) is 0 Å². The van der Waals surface area contributed by atoms with Gasteiger partial charge in [-0.2, -0.15) is 0 Å². The third-order valence-electron chi connectivity index (χ3n) is 1.77. The molecule has 0 aliphatic heterocycles. The SMILES string of the molecule is CCOC(=O)Nc1nnc2c(Cl)nccn12. The second kappa shape index (κ2) is 4.31. The topological polar surface area (TPSA) is 81.4 Å². The van der Waals surface area contributed by atoms with Crippen LogP contribution in [0.2, 0.25) is 5.15 Å². The van der Waals surface area contributed by atoms with E-state index < -0.39 is 6.09 Å². The molecule has 1 N–H and O–H groups in total. The standard InChI is InChI=1S/C8H8ClN5O2/c1-2-16-8(15)11-7-13-12-6-5(9)10-3-4-14(6)7/h3-4H,2H2,1H3,(H,11,13,15). The Morgan fingerprint density at radius 3 is 3.19 bits per heavy atom. The summed E-state index contributed by atoms with van der Waals surface area (Å²) < 4.78 is 6.22. The lowest BCUT2D eigenvalue weighted by molar-refractivity contribution is 0.167. The molecule has 0 aromatic carbocycles. The van der Waals surface area contributed by atoms with Crippen LogP contribution < -0.4 is 5.32 Å². The third-order valence-corrected chi connectivity index (χ3v) is 2.04. The average Bonchev–Trinajstić information content (AvgIpc) is 2.64. The molecule has 0 spiro atoms. The molecule has 0 aliphatic rings. The Hall–Kier alpha value is -1.89. The molecule has 1 amide bonds. The van der Waals surface area contributed by atoms with Crippen molar-refractivity contribution >= 4 is 29.3 Å². The zero-order valence-electron chi connectivity index (χ0n) is 8.35. The van der Waals surface area contributed by atoms with Gasteiger partial charge >= 0.3 is 6.09 Å². The fourth-order valence-electron chi connectivity index (χ4n) is 1.14. The largest absolute Gasteiger partial charge is 0.450 e. The van der Waals surface area contributed by atoms with E-state index in [9.17, 15) is 4.79 Å². The van der Waals surface area contributed by atoms with Gasteiger partial charge in [0.05, 0.1) is 6.61 Å². The summed E-state index contributed by atoms with van der Waals surface area (Å²) in [6, 6.07) is 0. The molecule has 0 unspecified atom stereocenters. The summed E-state index contributed by atoms with van der Waals surface area (Å²) >= 11 is 5.79. The van der Waals surface area contributed by atoms with E-state index in [1.165, 1.54) is 10.6 Å². The number of nitrogens with one attached hydrogen (secondary N) is 1. The highest BCUT2D eigenvalue weighted by molar-refractivity contribution is 6.32. The van der Waals surface area contributed by atoms with Crippen LogP contribution >= 0.6 is 11.6 Å². The predicted molar refractivity (Wildman–Crippen MR) is 56.4 cm³/mol. The number of carbonyl (C=O) groups excluding carboxylic acids is 1. The molecule has 2 aromatic heterocycles.